The predicted molar refractivity (Wildman–Crippen MR) is 84.3 cm³/mol. The van der Waals surface area contributed by atoms with Gasteiger partial charge < -0.3 is 15.0 Å². The minimum Gasteiger partial charge on any atom is -0.476 e. The molecule has 0 radical (unpaired) electrons. The van der Waals surface area contributed by atoms with E-state index in [2.05, 4.69) is 42.0 Å². The highest BCUT2D eigenvalue weighted by molar-refractivity contribution is 5.25. The molecule has 0 aliphatic rings. The molecule has 4 nitrogen and oxygen atoms in total. The van der Waals surface area contributed by atoms with Crippen molar-refractivity contribution in [1.29, 1.82) is 0 Å². The van der Waals surface area contributed by atoms with Gasteiger partial charge in [0.25, 0.3) is 0 Å². The molecule has 0 unspecified atom stereocenters. The molecule has 1 N–H and O–H groups in total. The highest BCUT2D eigenvalue weighted by atomic mass is 16.5. The van der Waals surface area contributed by atoms with E-state index in [9.17, 15) is 0 Å². The molecule has 0 bridgehead atoms. The van der Waals surface area contributed by atoms with Gasteiger partial charge in [-0.2, -0.15) is 0 Å². The summed E-state index contributed by atoms with van der Waals surface area (Å²) in [6.45, 7) is 11.2. The third-order valence-electron chi connectivity index (χ3n) is 3.35. The second kappa shape index (κ2) is 9.72. The van der Waals surface area contributed by atoms with E-state index in [1.54, 1.807) is 0 Å². The lowest BCUT2D eigenvalue weighted by molar-refractivity contribution is 0.217. The number of pyridine rings is 1. The van der Waals surface area contributed by atoms with Crippen LogP contribution in [0.1, 0.15) is 38.4 Å². The molecular weight excluding hydrogens is 250 g/mol. The van der Waals surface area contributed by atoms with Crippen LogP contribution in [0.3, 0.4) is 0 Å². The molecule has 0 amide bonds. The zero-order valence-electron chi connectivity index (χ0n) is 13.4. The average Bonchev–Trinajstić information content (AvgIpc) is 2.44. The third kappa shape index (κ3) is 5.88. The van der Waals surface area contributed by atoms with Gasteiger partial charge in [0, 0.05) is 24.8 Å². The Balaban J connectivity index is 2.62. The van der Waals surface area contributed by atoms with E-state index in [1.807, 2.05) is 13.1 Å². The predicted octanol–water partition coefficient (Wildman–Crippen LogP) is 2.47. The molecule has 0 spiro atoms. The Labute approximate surface area is 123 Å². The number of nitrogens with one attached hydrogen (secondary N) is 1. The molecule has 4 heteroatoms. The van der Waals surface area contributed by atoms with Gasteiger partial charge >= 0.3 is 0 Å². The number of ether oxygens (including phenoxy) is 1. The molecule has 1 aromatic heterocycles. The fourth-order valence-corrected chi connectivity index (χ4v) is 2.20. The minimum absolute atomic E-state index is 0.698. The lowest BCUT2D eigenvalue weighted by atomic mass is 10.1. The summed E-state index contributed by atoms with van der Waals surface area (Å²) in [5, 5.41) is 3.18. The summed E-state index contributed by atoms with van der Waals surface area (Å²) in [7, 11) is 1.96. The standard InChI is InChI=1S/C16H29N3O/c1-5-8-15-11-14(13-17-4)12-16(18-15)20-10-9-19(6-2)7-3/h11-12,17H,5-10,13H2,1-4H3. The highest BCUT2D eigenvalue weighted by Crippen LogP contribution is 2.14. The van der Waals surface area contributed by atoms with Gasteiger partial charge in [-0.05, 0) is 38.2 Å². The molecule has 0 aliphatic heterocycles. The first kappa shape index (κ1) is 16.9. The van der Waals surface area contributed by atoms with Gasteiger partial charge in [-0.15, -0.1) is 0 Å². The maximum Gasteiger partial charge on any atom is 0.213 e. The van der Waals surface area contributed by atoms with Crippen LogP contribution in [0.4, 0.5) is 0 Å². The summed E-state index contributed by atoms with van der Waals surface area (Å²) < 4.78 is 5.83. The molecule has 0 saturated carbocycles. The molecule has 1 rings (SSSR count). The van der Waals surface area contributed by atoms with Gasteiger partial charge in [-0.25, -0.2) is 4.98 Å². The van der Waals surface area contributed by atoms with E-state index in [-0.39, 0.29) is 0 Å². The third-order valence-corrected chi connectivity index (χ3v) is 3.35. The molecule has 0 aliphatic carbocycles. The first-order chi connectivity index (χ1) is 9.73. The van der Waals surface area contributed by atoms with Crippen LogP contribution in [-0.4, -0.2) is 43.2 Å². The van der Waals surface area contributed by atoms with Gasteiger partial charge in [0.15, 0.2) is 0 Å². The van der Waals surface area contributed by atoms with Crippen molar-refractivity contribution in [1.82, 2.24) is 15.2 Å². The van der Waals surface area contributed by atoms with Crippen molar-refractivity contribution in [2.75, 3.05) is 33.3 Å². The zero-order valence-corrected chi connectivity index (χ0v) is 13.4. The Kier molecular flexibility index (Phi) is 8.23. The summed E-state index contributed by atoms with van der Waals surface area (Å²) in [5.41, 5.74) is 2.36. The number of hydrogen-bond acceptors (Lipinski definition) is 4. The molecule has 1 aromatic rings. The molecule has 0 aromatic carbocycles. The van der Waals surface area contributed by atoms with Crippen molar-refractivity contribution in [2.45, 2.75) is 40.2 Å². The molecular formula is C16H29N3O. The molecule has 0 saturated heterocycles. The SMILES string of the molecule is CCCc1cc(CNC)cc(OCCN(CC)CC)n1. The maximum absolute atomic E-state index is 5.83. The van der Waals surface area contributed by atoms with Crippen molar-refractivity contribution in [3.8, 4) is 5.88 Å². The van der Waals surface area contributed by atoms with Crippen LogP contribution in [0.5, 0.6) is 5.88 Å². The highest BCUT2D eigenvalue weighted by Gasteiger charge is 2.05. The number of aryl methyl sites for hydroxylation is 1. The summed E-state index contributed by atoms with van der Waals surface area (Å²) in [6, 6.07) is 4.20. The first-order valence-electron chi connectivity index (χ1n) is 7.73. The van der Waals surface area contributed by atoms with E-state index in [0.29, 0.717) is 6.61 Å². The van der Waals surface area contributed by atoms with Crippen LogP contribution in [0.2, 0.25) is 0 Å². The fraction of sp³-hybridized carbons (Fsp3) is 0.688. The molecule has 1 heterocycles. The topological polar surface area (TPSA) is 37.4 Å². The van der Waals surface area contributed by atoms with Crippen molar-refractivity contribution < 1.29 is 4.74 Å². The van der Waals surface area contributed by atoms with E-state index in [4.69, 9.17) is 4.74 Å². The quantitative estimate of drug-likeness (QED) is 0.714. The number of likely N-dealkylation sites (N-methyl/N-ethyl adjacent to an activating group) is 1. The van der Waals surface area contributed by atoms with Crippen LogP contribution >= 0.6 is 0 Å². The van der Waals surface area contributed by atoms with Crippen LogP contribution < -0.4 is 10.1 Å². The van der Waals surface area contributed by atoms with E-state index < -0.39 is 0 Å². The average molecular weight is 279 g/mol. The maximum atomic E-state index is 5.83. The van der Waals surface area contributed by atoms with Crippen LogP contribution in [0.15, 0.2) is 12.1 Å². The van der Waals surface area contributed by atoms with Crippen molar-refractivity contribution in [3.05, 3.63) is 23.4 Å². The van der Waals surface area contributed by atoms with Crippen LogP contribution in [-0.2, 0) is 13.0 Å². The van der Waals surface area contributed by atoms with Crippen molar-refractivity contribution in [3.63, 3.8) is 0 Å². The molecule has 0 atom stereocenters. The summed E-state index contributed by atoms with van der Waals surface area (Å²) in [4.78, 5) is 6.94. The van der Waals surface area contributed by atoms with Gasteiger partial charge in [0.2, 0.25) is 5.88 Å². The Morgan fingerprint density at radius 1 is 1.20 bits per heavy atom. The fourth-order valence-electron chi connectivity index (χ4n) is 2.20. The summed E-state index contributed by atoms with van der Waals surface area (Å²) >= 11 is 0. The Bertz CT molecular complexity index is 354. The van der Waals surface area contributed by atoms with Gasteiger partial charge in [-0.1, -0.05) is 27.2 Å². The van der Waals surface area contributed by atoms with E-state index in [1.165, 1.54) is 5.56 Å². The molecule has 20 heavy (non-hydrogen) atoms. The molecule has 114 valence electrons. The Morgan fingerprint density at radius 3 is 2.55 bits per heavy atom. The zero-order chi connectivity index (χ0) is 14.8. The lowest BCUT2D eigenvalue weighted by Gasteiger charge is -2.18. The Hall–Kier alpha value is -1.13. The van der Waals surface area contributed by atoms with Crippen molar-refractivity contribution >= 4 is 0 Å². The monoisotopic (exact) mass is 279 g/mol. The van der Waals surface area contributed by atoms with Crippen LogP contribution in [0.25, 0.3) is 0 Å². The number of aromatic nitrogens is 1. The lowest BCUT2D eigenvalue weighted by Crippen LogP contribution is -2.28. The number of rotatable bonds is 10. The van der Waals surface area contributed by atoms with Crippen molar-refractivity contribution in [2.24, 2.45) is 0 Å². The molecule has 0 fully saturated rings. The number of nitrogens with zero attached hydrogens (tertiary/aromatic N) is 2. The van der Waals surface area contributed by atoms with Gasteiger partial charge in [0.05, 0.1) is 0 Å². The summed E-state index contributed by atoms with van der Waals surface area (Å²) in [5.74, 6) is 0.758. The summed E-state index contributed by atoms with van der Waals surface area (Å²) in [6.07, 6.45) is 2.11. The van der Waals surface area contributed by atoms with Gasteiger partial charge in [0.1, 0.15) is 6.61 Å². The second-order valence-electron chi connectivity index (χ2n) is 4.96. The van der Waals surface area contributed by atoms with E-state index >= 15 is 0 Å². The normalized spacial score (nSPS) is 11.1. The first-order valence-corrected chi connectivity index (χ1v) is 7.73. The largest absolute Gasteiger partial charge is 0.476 e. The smallest absolute Gasteiger partial charge is 0.213 e. The minimum atomic E-state index is 0.698. The van der Waals surface area contributed by atoms with E-state index in [0.717, 1.165) is 50.6 Å². The van der Waals surface area contributed by atoms with Crippen LogP contribution in [0, 0.1) is 0 Å². The number of hydrogen-bond donors (Lipinski definition) is 1. The van der Waals surface area contributed by atoms with Gasteiger partial charge in [-0.3, -0.25) is 0 Å². The Morgan fingerprint density at radius 2 is 1.95 bits per heavy atom. The second-order valence-corrected chi connectivity index (χ2v) is 4.96.